The number of rotatable bonds is 3. The highest BCUT2D eigenvalue weighted by Crippen LogP contribution is 2.25. The lowest BCUT2D eigenvalue weighted by Gasteiger charge is -2.26. The highest BCUT2D eigenvalue weighted by molar-refractivity contribution is 5.95. The number of anilines is 1. The summed E-state index contributed by atoms with van der Waals surface area (Å²) in [6, 6.07) is 6.45. The van der Waals surface area contributed by atoms with Crippen LogP contribution < -0.4 is 5.01 Å². The molecule has 17 heavy (non-hydrogen) atoms. The number of carbonyl (C=O) groups is 2. The molecule has 90 valence electrons. The Morgan fingerprint density at radius 2 is 2.24 bits per heavy atom. The largest absolute Gasteiger partial charge is 0.508 e. The molecule has 1 aliphatic heterocycles. The number of carbonyl (C=O) groups excluding carboxylic acids is 2. The maximum atomic E-state index is 11.8. The molecule has 5 nitrogen and oxygen atoms in total. The number of amides is 1. The van der Waals surface area contributed by atoms with Crippen LogP contribution in [0.4, 0.5) is 5.69 Å². The fourth-order valence-electron chi connectivity index (χ4n) is 1.93. The van der Waals surface area contributed by atoms with E-state index in [-0.39, 0.29) is 24.0 Å². The van der Waals surface area contributed by atoms with E-state index in [4.69, 9.17) is 0 Å². The Balaban J connectivity index is 2.27. The minimum absolute atomic E-state index is 0.00449. The molecule has 1 amide bonds. The molecule has 2 rings (SSSR count). The second-order valence-electron chi connectivity index (χ2n) is 4.07. The second kappa shape index (κ2) is 4.55. The van der Waals surface area contributed by atoms with E-state index in [0.29, 0.717) is 18.7 Å². The maximum absolute atomic E-state index is 11.8. The first kappa shape index (κ1) is 11.6. The van der Waals surface area contributed by atoms with Gasteiger partial charge in [-0.1, -0.05) is 6.07 Å². The molecule has 1 aliphatic rings. The molecule has 0 spiro atoms. The van der Waals surface area contributed by atoms with Crippen molar-refractivity contribution in [1.29, 1.82) is 0 Å². The van der Waals surface area contributed by atoms with Crippen LogP contribution in [0.1, 0.15) is 13.3 Å². The molecule has 0 aromatic heterocycles. The van der Waals surface area contributed by atoms with Gasteiger partial charge in [-0.15, -0.1) is 0 Å². The van der Waals surface area contributed by atoms with Crippen LogP contribution >= 0.6 is 0 Å². The van der Waals surface area contributed by atoms with Crippen LogP contribution in [0, 0.1) is 0 Å². The molecular formula is C12H14N2O3. The van der Waals surface area contributed by atoms with Gasteiger partial charge in [-0.05, 0) is 19.1 Å². The number of nitrogens with zero attached hydrogens (tertiary/aromatic N) is 2. The Hall–Kier alpha value is -1.88. The second-order valence-corrected chi connectivity index (χ2v) is 4.07. The molecule has 0 bridgehead atoms. The highest BCUT2D eigenvalue weighted by atomic mass is 16.3. The lowest BCUT2D eigenvalue weighted by Crippen LogP contribution is -2.41. The molecule has 1 aromatic rings. The zero-order chi connectivity index (χ0) is 12.4. The van der Waals surface area contributed by atoms with Gasteiger partial charge in [0.1, 0.15) is 11.5 Å². The fourth-order valence-corrected chi connectivity index (χ4v) is 1.93. The van der Waals surface area contributed by atoms with Gasteiger partial charge in [-0.3, -0.25) is 9.59 Å². The normalized spacial score (nSPS) is 16.5. The third kappa shape index (κ3) is 2.45. The number of hydrogen-bond acceptors (Lipinski definition) is 4. The van der Waals surface area contributed by atoms with Gasteiger partial charge >= 0.3 is 0 Å². The van der Waals surface area contributed by atoms with E-state index >= 15 is 0 Å². The van der Waals surface area contributed by atoms with Gasteiger partial charge in [0.15, 0.2) is 0 Å². The molecule has 0 atom stereocenters. The Labute approximate surface area is 99.2 Å². The number of phenolic OH excluding ortho intramolecular Hbond substituents is 1. The van der Waals surface area contributed by atoms with Gasteiger partial charge < -0.3 is 5.11 Å². The van der Waals surface area contributed by atoms with Crippen LogP contribution in [0.5, 0.6) is 5.75 Å². The van der Waals surface area contributed by atoms with E-state index in [9.17, 15) is 14.7 Å². The topological polar surface area (TPSA) is 60.9 Å². The number of benzene rings is 1. The fraction of sp³-hybridized carbons (Fsp3) is 0.333. The summed E-state index contributed by atoms with van der Waals surface area (Å²) in [5, 5.41) is 12.6. The zero-order valence-electron chi connectivity index (χ0n) is 9.59. The first-order chi connectivity index (χ1) is 8.08. The minimum Gasteiger partial charge on any atom is -0.508 e. The predicted molar refractivity (Wildman–Crippen MR) is 62.5 cm³/mol. The van der Waals surface area contributed by atoms with Crippen molar-refractivity contribution in [3.05, 3.63) is 24.3 Å². The molecule has 0 saturated carbocycles. The van der Waals surface area contributed by atoms with Gasteiger partial charge in [0.25, 0.3) is 0 Å². The number of hydrazine groups is 1. The maximum Gasteiger partial charge on any atom is 0.242 e. The van der Waals surface area contributed by atoms with E-state index < -0.39 is 0 Å². The standard InChI is InChI=1S/C12H14N2O3/c1-9(15)8-13-6-5-12(17)14(13)10-3-2-4-11(16)7-10/h2-4,7,16H,5-6,8H2,1H3. The van der Waals surface area contributed by atoms with Crippen molar-refractivity contribution in [1.82, 2.24) is 5.01 Å². The summed E-state index contributed by atoms with van der Waals surface area (Å²) in [6.45, 7) is 2.24. The van der Waals surface area contributed by atoms with Crippen LogP contribution in [0.25, 0.3) is 0 Å². The highest BCUT2D eigenvalue weighted by Gasteiger charge is 2.30. The van der Waals surface area contributed by atoms with Gasteiger partial charge in [-0.2, -0.15) is 0 Å². The molecule has 5 heteroatoms. The van der Waals surface area contributed by atoms with E-state index in [1.807, 2.05) is 0 Å². The monoisotopic (exact) mass is 234 g/mol. The van der Waals surface area contributed by atoms with E-state index in [1.54, 1.807) is 23.2 Å². The van der Waals surface area contributed by atoms with Crippen LogP contribution in [-0.4, -0.2) is 34.9 Å². The molecule has 1 heterocycles. The third-order valence-corrected chi connectivity index (χ3v) is 2.58. The van der Waals surface area contributed by atoms with Gasteiger partial charge in [0, 0.05) is 19.0 Å². The first-order valence-corrected chi connectivity index (χ1v) is 5.44. The van der Waals surface area contributed by atoms with Gasteiger partial charge in [-0.25, -0.2) is 10.0 Å². The molecule has 0 unspecified atom stereocenters. The Kier molecular flexibility index (Phi) is 3.10. The predicted octanol–water partition coefficient (Wildman–Crippen LogP) is 0.935. The van der Waals surface area contributed by atoms with Crippen molar-refractivity contribution in [2.24, 2.45) is 0 Å². The van der Waals surface area contributed by atoms with Crippen LogP contribution in [0.3, 0.4) is 0 Å². The van der Waals surface area contributed by atoms with E-state index in [1.165, 1.54) is 18.0 Å². The van der Waals surface area contributed by atoms with Crippen molar-refractivity contribution < 1.29 is 14.7 Å². The number of hydrogen-bond donors (Lipinski definition) is 1. The Morgan fingerprint density at radius 3 is 2.88 bits per heavy atom. The molecule has 0 aliphatic carbocycles. The summed E-state index contributed by atoms with van der Waals surface area (Å²) in [6.07, 6.45) is 0.392. The quantitative estimate of drug-likeness (QED) is 0.845. The molecule has 1 N–H and O–H groups in total. The molecule has 1 aromatic carbocycles. The van der Waals surface area contributed by atoms with Crippen molar-refractivity contribution >= 4 is 17.4 Å². The van der Waals surface area contributed by atoms with Crippen molar-refractivity contribution in [2.45, 2.75) is 13.3 Å². The lowest BCUT2D eigenvalue weighted by atomic mass is 10.3. The van der Waals surface area contributed by atoms with Crippen molar-refractivity contribution in [3.63, 3.8) is 0 Å². The third-order valence-electron chi connectivity index (χ3n) is 2.58. The zero-order valence-corrected chi connectivity index (χ0v) is 9.59. The van der Waals surface area contributed by atoms with Crippen LogP contribution in [0.15, 0.2) is 24.3 Å². The van der Waals surface area contributed by atoms with Crippen LogP contribution in [0.2, 0.25) is 0 Å². The Bertz CT molecular complexity index is 459. The van der Waals surface area contributed by atoms with E-state index in [0.717, 1.165) is 0 Å². The summed E-state index contributed by atoms with van der Waals surface area (Å²) in [5.41, 5.74) is 0.591. The van der Waals surface area contributed by atoms with Gasteiger partial charge in [0.2, 0.25) is 5.91 Å². The average molecular weight is 234 g/mol. The number of ketones is 1. The van der Waals surface area contributed by atoms with Crippen molar-refractivity contribution in [3.8, 4) is 5.75 Å². The SMILES string of the molecule is CC(=O)CN1CCC(=O)N1c1cccc(O)c1. The first-order valence-electron chi connectivity index (χ1n) is 5.44. The van der Waals surface area contributed by atoms with Gasteiger partial charge in [0.05, 0.1) is 12.2 Å². The smallest absolute Gasteiger partial charge is 0.242 e. The summed E-state index contributed by atoms with van der Waals surface area (Å²) in [7, 11) is 0. The summed E-state index contributed by atoms with van der Waals surface area (Å²) < 4.78 is 0. The number of Topliss-reactive ketones (excluding diaryl/α,β-unsaturated/α-hetero) is 1. The van der Waals surface area contributed by atoms with E-state index in [2.05, 4.69) is 0 Å². The number of aromatic hydroxyl groups is 1. The molecule has 0 radical (unpaired) electrons. The number of phenols is 1. The molecule has 1 fully saturated rings. The molecule has 1 saturated heterocycles. The summed E-state index contributed by atoms with van der Waals surface area (Å²) >= 11 is 0. The Morgan fingerprint density at radius 1 is 1.47 bits per heavy atom. The lowest BCUT2D eigenvalue weighted by molar-refractivity contribution is -0.119. The summed E-state index contributed by atoms with van der Waals surface area (Å²) in [4.78, 5) is 22.9. The average Bonchev–Trinajstić information content (AvgIpc) is 2.59. The van der Waals surface area contributed by atoms with Crippen molar-refractivity contribution in [2.75, 3.05) is 18.1 Å². The summed E-state index contributed by atoms with van der Waals surface area (Å²) in [5.74, 6) is 0.0479. The molecular weight excluding hydrogens is 220 g/mol. The minimum atomic E-state index is -0.0585. The van der Waals surface area contributed by atoms with Crippen LogP contribution in [-0.2, 0) is 9.59 Å².